The molecule has 27 heavy (non-hydrogen) atoms. The molecular weight excluding hydrogens is 370 g/mol. The van der Waals surface area contributed by atoms with Gasteiger partial charge in [-0.3, -0.25) is 10.1 Å². The maximum atomic E-state index is 12.8. The van der Waals surface area contributed by atoms with Crippen LogP contribution in [0.3, 0.4) is 0 Å². The molecule has 2 aliphatic rings. The van der Waals surface area contributed by atoms with Crippen molar-refractivity contribution in [3.05, 3.63) is 51.7 Å². The molecule has 0 bridgehead atoms. The van der Waals surface area contributed by atoms with Gasteiger partial charge >= 0.3 is 0 Å². The molecule has 2 heterocycles. The number of nitro benzene ring substituents is 1. The number of piperazine rings is 1. The van der Waals surface area contributed by atoms with Crippen LogP contribution in [0.5, 0.6) is 0 Å². The van der Waals surface area contributed by atoms with Gasteiger partial charge in [0.2, 0.25) is 10.0 Å². The van der Waals surface area contributed by atoms with Gasteiger partial charge < -0.3 is 4.90 Å². The molecule has 4 rings (SSSR count). The number of benzene rings is 1. The molecule has 1 aromatic carbocycles. The molecule has 0 atom stereocenters. The van der Waals surface area contributed by atoms with Gasteiger partial charge in [-0.25, -0.2) is 8.42 Å². The molecular formula is C17H19N5O4S. The second kappa shape index (κ2) is 6.86. The zero-order valence-corrected chi connectivity index (χ0v) is 15.4. The SMILES string of the molecule is O=[N+]([O-])c1ccc(S(=O)(=O)N2CCN(c3cc4c(nn3)CCC4)CC2)cc1. The Bertz CT molecular complexity index is 969. The number of hydrogen-bond acceptors (Lipinski definition) is 7. The van der Waals surface area contributed by atoms with Gasteiger partial charge in [-0.15, -0.1) is 5.10 Å². The molecule has 1 aliphatic heterocycles. The maximum absolute atomic E-state index is 12.8. The Labute approximate surface area is 156 Å². The van der Waals surface area contributed by atoms with Crippen molar-refractivity contribution in [1.29, 1.82) is 0 Å². The van der Waals surface area contributed by atoms with Crippen LogP contribution in [0.4, 0.5) is 11.5 Å². The number of aryl methyl sites for hydroxylation is 2. The number of nitrogens with zero attached hydrogens (tertiary/aromatic N) is 5. The van der Waals surface area contributed by atoms with Gasteiger partial charge in [0.25, 0.3) is 5.69 Å². The molecule has 10 heteroatoms. The Kier molecular flexibility index (Phi) is 4.52. The predicted molar refractivity (Wildman–Crippen MR) is 98.1 cm³/mol. The van der Waals surface area contributed by atoms with Crippen LogP contribution < -0.4 is 4.90 Å². The highest BCUT2D eigenvalue weighted by molar-refractivity contribution is 7.89. The molecule has 0 spiro atoms. The fourth-order valence-corrected chi connectivity index (χ4v) is 4.94. The third-order valence-electron chi connectivity index (χ3n) is 5.05. The van der Waals surface area contributed by atoms with E-state index >= 15 is 0 Å². The summed E-state index contributed by atoms with van der Waals surface area (Å²) in [5.41, 5.74) is 2.17. The maximum Gasteiger partial charge on any atom is 0.269 e. The van der Waals surface area contributed by atoms with Gasteiger partial charge in [0.05, 0.1) is 15.5 Å². The van der Waals surface area contributed by atoms with E-state index in [1.807, 2.05) is 4.90 Å². The van der Waals surface area contributed by atoms with E-state index in [4.69, 9.17) is 0 Å². The minimum absolute atomic E-state index is 0.0684. The average molecular weight is 389 g/mol. The van der Waals surface area contributed by atoms with Crippen LogP contribution in [0, 0.1) is 10.1 Å². The van der Waals surface area contributed by atoms with Crippen LogP contribution in [-0.2, 0) is 22.9 Å². The summed E-state index contributed by atoms with van der Waals surface area (Å²) < 4.78 is 27.0. The largest absolute Gasteiger partial charge is 0.352 e. The lowest BCUT2D eigenvalue weighted by Crippen LogP contribution is -2.49. The summed E-state index contributed by atoms with van der Waals surface area (Å²) in [6, 6.07) is 7.06. The van der Waals surface area contributed by atoms with Crippen LogP contribution in [0.15, 0.2) is 35.2 Å². The molecule has 1 saturated heterocycles. The molecule has 0 amide bonds. The Morgan fingerprint density at radius 3 is 2.37 bits per heavy atom. The van der Waals surface area contributed by atoms with Gasteiger partial charge in [-0.05, 0) is 43.0 Å². The summed E-state index contributed by atoms with van der Waals surface area (Å²) in [5, 5.41) is 19.3. The van der Waals surface area contributed by atoms with Crippen molar-refractivity contribution in [2.24, 2.45) is 0 Å². The van der Waals surface area contributed by atoms with Crippen molar-refractivity contribution in [3.63, 3.8) is 0 Å². The molecule has 142 valence electrons. The zero-order chi connectivity index (χ0) is 19.0. The second-order valence-corrected chi connectivity index (χ2v) is 8.61. The summed E-state index contributed by atoms with van der Waals surface area (Å²) >= 11 is 0. The fraction of sp³-hybridized carbons (Fsp3) is 0.412. The van der Waals surface area contributed by atoms with E-state index in [0.29, 0.717) is 26.2 Å². The van der Waals surface area contributed by atoms with E-state index < -0.39 is 14.9 Å². The molecule has 9 nitrogen and oxygen atoms in total. The summed E-state index contributed by atoms with van der Waals surface area (Å²) in [6.07, 6.45) is 3.10. The van der Waals surface area contributed by atoms with Crippen molar-refractivity contribution in [1.82, 2.24) is 14.5 Å². The van der Waals surface area contributed by atoms with Gasteiger partial charge in [0.1, 0.15) is 0 Å². The van der Waals surface area contributed by atoms with Crippen molar-refractivity contribution >= 4 is 21.5 Å². The number of sulfonamides is 1. The first-order chi connectivity index (χ1) is 12.9. The molecule has 0 unspecified atom stereocenters. The van der Waals surface area contributed by atoms with Crippen LogP contribution >= 0.6 is 0 Å². The third-order valence-corrected chi connectivity index (χ3v) is 6.97. The minimum atomic E-state index is -3.67. The predicted octanol–water partition coefficient (Wildman–Crippen LogP) is 1.38. The van der Waals surface area contributed by atoms with Crippen LogP contribution in [0.1, 0.15) is 17.7 Å². The topological polar surface area (TPSA) is 110 Å². The van der Waals surface area contributed by atoms with Crippen molar-refractivity contribution < 1.29 is 13.3 Å². The van der Waals surface area contributed by atoms with E-state index in [9.17, 15) is 18.5 Å². The molecule has 1 aliphatic carbocycles. The Balaban J connectivity index is 1.46. The summed E-state index contributed by atoms with van der Waals surface area (Å²) in [6.45, 7) is 1.72. The number of fused-ring (bicyclic) bond motifs is 1. The monoisotopic (exact) mass is 389 g/mol. The van der Waals surface area contributed by atoms with Crippen LogP contribution in [-0.4, -0.2) is 54.0 Å². The number of non-ortho nitro benzene ring substituents is 1. The Morgan fingerprint density at radius 2 is 1.70 bits per heavy atom. The lowest BCUT2D eigenvalue weighted by molar-refractivity contribution is -0.384. The van der Waals surface area contributed by atoms with Gasteiger partial charge in [0, 0.05) is 38.3 Å². The molecule has 0 saturated carbocycles. The zero-order valence-electron chi connectivity index (χ0n) is 14.6. The van der Waals surface area contributed by atoms with E-state index in [-0.39, 0.29) is 10.6 Å². The van der Waals surface area contributed by atoms with E-state index in [1.54, 1.807) is 0 Å². The Hall–Kier alpha value is -2.59. The summed E-state index contributed by atoms with van der Waals surface area (Å²) in [7, 11) is -3.67. The smallest absolute Gasteiger partial charge is 0.269 e. The van der Waals surface area contributed by atoms with Crippen molar-refractivity contribution in [2.45, 2.75) is 24.2 Å². The normalized spacial score (nSPS) is 17.7. The van der Waals surface area contributed by atoms with Crippen molar-refractivity contribution in [3.8, 4) is 0 Å². The average Bonchev–Trinajstić information content (AvgIpc) is 3.16. The summed E-state index contributed by atoms with van der Waals surface area (Å²) in [5.74, 6) is 0.794. The lowest BCUT2D eigenvalue weighted by atomic mass is 10.2. The molecule has 2 aromatic rings. The van der Waals surface area contributed by atoms with E-state index in [2.05, 4.69) is 16.3 Å². The highest BCUT2D eigenvalue weighted by Crippen LogP contribution is 2.25. The molecule has 1 fully saturated rings. The molecule has 0 N–H and O–H groups in total. The minimum Gasteiger partial charge on any atom is -0.352 e. The van der Waals surface area contributed by atoms with Gasteiger partial charge in [-0.1, -0.05) is 0 Å². The van der Waals surface area contributed by atoms with E-state index in [1.165, 1.54) is 34.1 Å². The first-order valence-electron chi connectivity index (χ1n) is 8.80. The standard InChI is InChI=1S/C17H19N5O4S/c23-22(24)14-4-6-15(7-5-14)27(25,26)21-10-8-20(9-11-21)17-12-13-2-1-3-16(13)18-19-17/h4-7,12H,1-3,8-11H2. The highest BCUT2D eigenvalue weighted by atomic mass is 32.2. The third kappa shape index (κ3) is 3.37. The first kappa shape index (κ1) is 17.8. The fourth-order valence-electron chi connectivity index (χ4n) is 3.52. The van der Waals surface area contributed by atoms with E-state index in [0.717, 1.165) is 30.8 Å². The Morgan fingerprint density at radius 1 is 1.00 bits per heavy atom. The van der Waals surface area contributed by atoms with Crippen LogP contribution in [0.2, 0.25) is 0 Å². The van der Waals surface area contributed by atoms with Crippen molar-refractivity contribution in [2.75, 3.05) is 31.1 Å². The van der Waals surface area contributed by atoms with Crippen LogP contribution in [0.25, 0.3) is 0 Å². The first-order valence-corrected chi connectivity index (χ1v) is 10.2. The van der Waals surface area contributed by atoms with Gasteiger partial charge in [-0.2, -0.15) is 9.40 Å². The molecule has 0 radical (unpaired) electrons. The number of nitro groups is 1. The lowest BCUT2D eigenvalue weighted by Gasteiger charge is -2.34. The number of hydrogen-bond donors (Lipinski definition) is 0. The molecule has 1 aromatic heterocycles. The number of aromatic nitrogens is 2. The number of anilines is 1. The quantitative estimate of drug-likeness (QED) is 0.574. The number of rotatable bonds is 4. The second-order valence-electron chi connectivity index (χ2n) is 6.67. The summed E-state index contributed by atoms with van der Waals surface area (Å²) in [4.78, 5) is 12.3. The van der Waals surface area contributed by atoms with Gasteiger partial charge in [0.15, 0.2) is 5.82 Å². The highest BCUT2D eigenvalue weighted by Gasteiger charge is 2.29.